The number of phenolic OH excluding ortho intramolecular Hbond substituents is 2. The third-order valence-electron chi connectivity index (χ3n) is 15.9. The molecule has 0 aliphatic carbocycles. The summed E-state index contributed by atoms with van der Waals surface area (Å²) in [4.78, 5) is 28.4. The minimum Gasteiger partial charge on any atom is -0.507 e. The number of hydrogen-bond donors (Lipinski definition) is 2. The first-order chi connectivity index (χ1) is 41.2. The molecule has 0 aliphatic rings. The van der Waals surface area contributed by atoms with Crippen LogP contribution in [0.25, 0.3) is 122 Å². The van der Waals surface area contributed by atoms with Crippen LogP contribution in [-0.2, 0) is 0 Å². The number of nitrogens with zero attached hydrogens (tertiary/aromatic N) is 6. The van der Waals surface area contributed by atoms with Crippen LogP contribution in [0.4, 0.5) is 0 Å². The summed E-state index contributed by atoms with van der Waals surface area (Å²) in [6.07, 6.45) is 8.88. The Morgan fingerprint density at radius 2 is 0.869 bits per heavy atom. The summed E-state index contributed by atoms with van der Waals surface area (Å²) in [6.45, 7) is 9.83. The number of furan rings is 2. The standard InChI is InChI=1S/C39H35N3O3.C33H31N3O3/c1-3-5-13-25(4-2)24-44-39-41-37(30-18-11-12-19-33(30)43)40-38(42-39)32-23-35-36(29-17-10-9-16-28(29)32)31-21-20-27(22-34(31)45-35)26-14-7-6-8-15-26;1-3-5-10-21(4-2)20-38-33-35-31(34-32(36-33)26-13-8-9-14-28(26)37)24-15-16-25-27-17-22-11-6-7-12-23(22)18-30(27)39-29(25)19-24/h6-12,14-23,25,43H,3-5,13,24H2,1-2H3;6-9,11-19,21,37H,3-5,10,20H2,1-2H3. The summed E-state index contributed by atoms with van der Waals surface area (Å²) in [7, 11) is 0. The van der Waals surface area contributed by atoms with E-state index in [1.54, 1.807) is 36.4 Å². The van der Waals surface area contributed by atoms with Crippen molar-refractivity contribution in [2.24, 2.45) is 11.8 Å². The van der Waals surface area contributed by atoms with Gasteiger partial charge in [0.2, 0.25) is 0 Å². The fourth-order valence-corrected chi connectivity index (χ4v) is 11.1. The molecular weight excluding hydrogens is 1040 g/mol. The van der Waals surface area contributed by atoms with Crippen LogP contribution < -0.4 is 9.47 Å². The van der Waals surface area contributed by atoms with Crippen molar-refractivity contribution in [2.75, 3.05) is 13.2 Å². The number of hydrogen-bond acceptors (Lipinski definition) is 12. The Bertz CT molecular complexity index is 4460. The lowest BCUT2D eigenvalue weighted by Crippen LogP contribution is -2.13. The zero-order valence-corrected chi connectivity index (χ0v) is 47.8. The number of para-hydroxylation sites is 2. The van der Waals surface area contributed by atoms with Crippen LogP contribution in [-0.4, -0.2) is 53.3 Å². The van der Waals surface area contributed by atoms with Crippen LogP contribution in [0.15, 0.2) is 191 Å². The Balaban J connectivity index is 0.000000167. The van der Waals surface area contributed by atoms with E-state index in [1.807, 2.05) is 78.9 Å². The van der Waals surface area contributed by atoms with Crippen molar-refractivity contribution in [2.45, 2.75) is 79.1 Å². The molecule has 0 saturated carbocycles. The topological polar surface area (TPSA) is 163 Å². The lowest BCUT2D eigenvalue weighted by molar-refractivity contribution is 0.217. The van der Waals surface area contributed by atoms with E-state index in [2.05, 4.69) is 109 Å². The average molecular weight is 1110 g/mol. The maximum atomic E-state index is 10.7. The molecule has 2 atom stereocenters. The minimum absolute atomic E-state index is 0.0989. The van der Waals surface area contributed by atoms with Gasteiger partial charge in [-0.05, 0) is 124 Å². The van der Waals surface area contributed by atoms with Crippen LogP contribution in [0.5, 0.6) is 23.5 Å². The summed E-state index contributed by atoms with van der Waals surface area (Å²) >= 11 is 0. The van der Waals surface area contributed by atoms with Crippen molar-refractivity contribution in [3.8, 4) is 80.2 Å². The highest BCUT2D eigenvalue weighted by atomic mass is 16.5. The molecule has 13 rings (SSSR count). The van der Waals surface area contributed by atoms with E-state index >= 15 is 0 Å². The van der Waals surface area contributed by atoms with Crippen molar-refractivity contribution in [1.82, 2.24) is 29.9 Å². The summed E-state index contributed by atoms with van der Waals surface area (Å²) in [6, 6.07) is 60.1. The van der Waals surface area contributed by atoms with Crippen LogP contribution >= 0.6 is 0 Å². The number of benzene rings is 9. The number of rotatable bonds is 19. The highest BCUT2D eigenvalue weighted by molar-refractivity contribution is 6.22. The SMILES string of the molecule is CCCCC(CC)COc1nc(-c2ccc3c(c2)oc2cc4ccccc4cc23)nc(-c2ccccc2O)n1.CCCCC(CC)COc1nc(-c2ccccc2O)nc(-c2cc3oc4cc(-c5ccccc5)ccc4c3c3ccccc23)n1. The van der Waals surface area contributed by atoms with Crippen LogP contribution in [0.3, 0.4) is 0 Å². The molecule has 0 aliphatic heterocycles. The molecule has 0 saturated heterocycles. The number of aromatic nitrogens is 6. The fraction of sp³-hybridized carbons (Fsp3) is 0.222. The Labute approximate surface area is 487 Å². The first kappa shape index (κ1) is 54.9. The van der Waals surface area contributed by atoms with Crippen molar-refractivity contribution < 1.29 is 28.5 Å². The molecule has 2 unspecified atom stereocenters. The second-order valence-corrected chi connectivity index (χ2v) is 21.6. The van der Waals surface area contributed by atoms with Gasteiger partial charge in [-0.15, -0.1) is 0 Å². The number of aromatic hydroxyl groups is 2. The van der Waals surface area contributed by atoms with Crippen molar-refractivity contribution in [3.05, 3.63) is 182 Å². The molecule has 0 amide bonds. The monoisotopic (exact) mass is 1110 g/mol. The molecule has 0 bridgehead atoms. The second kappa shape index (κ2) is 24.8. The maximum Gasteiger partial charge on any atom is 0.320 e. The van der Waals surface area contributed by atoms with Crippen LogP contribution in [0.2, 0.25) is 0 Å². The smallest absolute Gasteiger partial charge is 0.320 e. The lowest BCUT2D eigenvalue weighted by atomic mass is 9.97. The van der Waals surface area contributed by atoms with Gasteiger partial charge in [0, 0.05) is 32.7 Å². The van der Waals surface area contributed by atoms with Gasteiger partial charge in [0.1, 0.15) is 33.8 Å². The van der Waals surface area contributed by atoms with E-state index in [9.17, 15) is 10.2 Å². The van der Waals surface area contributed by atoms with Crippen molar-refractivity contribution in [1.29, 1.82) is 0 Å². The summed E-state index contributed by atoms with van der Waals surface area (Å²) in [5, 5.41) is 29.8. The summed E-state index contributed by atoms with van der Waals surface area (Å²) < 4.78 is 25.2. The van der Waals surface area contributed by atoms with E-state index < -0.39 is 0 Å². The number of unbranched alkanes of at least 4 members (excludes halogenated alkanes) is 2. The highest BCUT2D eigenvalue weighted by Crippen LogP contribution is 2.42. The molecule has 13 aromatic rings. The van der Waals surface area contributed by atoms with Crippen LogP contribution in [0, 0.1) is 11.8 Å². The number of ether oxygens (including phenoxy) is 2. The summed E-state index contributed by atoms with van der Waals surface area (Å²) in [5.41, 5.74) is 8.05. The molecule has 9 aromatic carbocycles. The van der Waals surface area contributed by atoms with Gasteiger partial charge in [-0.1, -0.05) is 181 Å². The second-order valence-electron chi connectivity index (χ2n) is 21.6. The molecular formula is C72H66N6O6. The van der Waals surface area contributed by atoms with E-state index in [0.29, 0.717) is 59.5 Å². The first-order valence-corrected chi connectivity index (χ1v) is 29.4. The quantitative estimate of drug-likeness (QED) is 0.0789. The van der Waals surface area contributed by atoms with Crippen LogP contribution in [0.1, 0.15) is 79.1 Å². The largest absolute Gasteiger partial charge is 0.507 e. The van der Waals surface area contributed by atoms with E-state index in [4.69, 9.17) is 33.3 Å². The van der Waals surface area contributed by atoms with Gasteiger partial charge >= 0.3 is 12.0 Å². The molecule has 84 heavy (non-hydrogen) atoms. The number of phenols is 2. The third-order valence-corrected chi connectivity index (χ3v) is 15.9. The Kier molecular flexibility index (Phi) is 16.2. The molecule has 0 spiro atoms. The molecule has 4 heterocycles. The highest BCUT2D eigenvalue weighted by Gasteiger charge is 2.22. The van der Waals surface area contributed by atoms with Gasteiger partial charge in [0.25, 0.3) is 0 Å². The third kappa shape index (κ3) is 11.6. The van der Waals surface area contributed by atoms with Gasteiger partial charge in [0.05, 0.1) is 24.3 Å². The Morgan fingerprint density at radius 1 is 0.381 bits per heavy atom. The predicted molar refractivity (Wildman–Crippen MR) is 337 cm³/mol. The lowest BCUT2D eigenvalue weighted by Gasteiger charge is -2.16. The predicted octanol–water partition coefficient (Wildman–Crippen LogP) is 18.8. The zero-order chi connectivity index (χ0) is 57.5. The van der Waals surface area contributed by atoms with E-state index in [-0.39, 0.29) is 23.5 Å². The minimum atomic E-state index is 0.0989. The van der Waals surface area contributed by atoms with Crippen molar-refractivity contribution in [3.63, 3.8) is 0 Å². The molecule has 4 aromatic heterocycles. The molecule has 12 heteroatoms. The number of fused-ring (bicyclic) bond motifs is 9. The Hall–Kier alpha value is -9.68. The van der Waals surface area contributed by atoms with E-state index in [0.717, 1.165) is 127 Å². The Morgan fingerprint density at radius 3 is 1.50 bits per heavy atom. The van der Waals surface area contributed by atoms with Gasteiger partial charge < -0.3 is 28.5 Å². The van der Waals surface area contributed by atoms with Gasteiger partial charge in [-0.25, -0.2) is 9.97 Å². The summed E-state index contributed by atoms with van der Waals surface area (Å²) in [5.74, 6) is 2.70. The molecule has 0 radical (unpaired) electrons. The van der Waals surface area contributed by atoms with Crippen molar-refractivity contribution >= 4 is 65.4 Å². The maximum absolute atomic E-state index is 10.7. The van der Waals surface area contributed by atoms with Gasteiger partial charge in [0.15, 0.2) is 23.3 Å². The fourth-order valence-electron chi connectivity index (χ4n) is 11.1. The average Bonchev–Trinajstić information content (AvgIpc) is 4.31. The normalized spacial score (nSPS) is 12.3. The molecule has 12 nitrogen and oxygen atoms in total. The van der Waals surface area contributed by atoms with Gasteiger partial charge in [-0.2, -0.15) is 19.9 Å². The molecule has 420 valence electrons. The first-order valence-electron chi connectivity index (χ1n) is 29.4. The van der Waals surface area contributed by atoms with Gasteiger partial charge in [-0.3, -0.25) is 0 Å². The molecule has 0 fully saturated rings. The zero-order valence-electron chi connectivity index (χ0n) is 47.8. The molecule has 2 N–H and O–H groups in total. The van der Waals surface area contributed by atoms with E-state index in [1.165, 1.54) is 11.8 Å².